The molecule has 0 radical (unpaired) electrons. The molecule has 0 aliphatic carbocycles. The van der Waals surface area contributed by atoms with Crippen LogP contribution in [0.15, 0.2) is 0 Å². The van der Waals surface area contributed by atoms with Crippen molar-refractivity contribution in [1.82, 2.24) is 9.36 Å². The molecule has 5 heteroatoms. The van der Waals surface area contributed by atoms with E-state index in [4.69, 9.17) is 4.74 Å². The first-order valence-electron chi connectivity index (χ1n) is 4.89. The Morgan fingerprint density at radius 2 is 2.29 bits per heavy atom. The van der Waals surface area contributed by atoms with Gasteiger partial charge in [0.15, 0.2) is 0 Å². The first-order valence-corrected chi connectivity index (χ1v) is 5.66. The highest BCUT2D eigenvalue weighted by Gasteiger charge is 2.04. The van der Waals surface area contributed by atoms with Gasteiger partial charge in [0.2, 0.25) is 5.13 Å². The Hall–Kier alpha value is -0.680. The quantitative estimate of drug-likeness (QED) is 0.737. The van der Waals surface area contributed by atoms with E-state index in [1.54, 1.807) is 0 Å². The Balaban J connectivity index is 2.35. The van der Waals surface area contributed by atoms with Gasteiger partial charge in [0.25, 0.3) is 0 Å². The van der Waals surface area contributed by atoms with Gasteiger partial charge in [-0.3, -0.25) is 0 Å². The van der Waals surface area contributed by atoms with Crippen molar-refractivity contribution in [3.05, 3.63) is 5.82 Å². The molecule has 80 valence electrons. The number of nitrogens with zero attached hydrogens (tertiary/aromatic N) is 2. The smallest absolute Gasteiger partial charge is 0.202 e. The highest BCUT2D eigenvalue weighted by Crippen LogP contribution is 2.12. The number of nitrogens with one attached hydrogen (secondary N) is 1. The van der Waals surface area contributed by atoms with Crippen LogP contribution in [0.25, 0.3) is 0 Å². The maximum atomic E-state index is 5.23. The van der Waals surface area contributed by atoms with Crippen molar-refractivity contribution in [2.45, 2.75) is 33.2 Å². The van der Waals surface area contributed by atoms with Gasteiger partial charge in [-0.05, 0) is 20.8 Å². The number of hydrogen-bond donors (Lipinski definition) is 1. The molecule has 0 spiro atoms. The average Bonchev–Trinajstić information content (AvgIpc) is 2.52. The molecule has 1 aromatic heterocycles. The summed E-state index contributed by atoms with van der Waals surface area (Å²) in [6.45, 7) is 7.61. The monoisotopic (exact) mass is 215 g/mol. The van der Waals surface area contributed by atoms with Crippen LogP contribution in [0.3, 0.4) is 0 Å². The first kappa shape index (κ1) is 11.4. The molecular weight excluding hydrogens is 198 g/mol. The minimum Gasteiger partial charge on any atom is -0.381 e. The molecule has 0 unspecified atom stereocenters. The third-order valence-corrected chi connectivity index (χ3v) is 2.24. The highest BCUT2D eigenvalue weighted by atomic mass is 32.1. The Kier molecular flexibility index (Phi) is 4.82. The van der Waals surface area contributed by atoms with Crippen LogP contribution >= 0.6 is 11.5 Å². The summed E-state index contributed by atoms with van der Waals surface area (Å²) in [5.74, 6) is 0.867. The van der Waals surface area contributed by atoms with Crippen molar-refractivity contribution in [3.8, 4) is 0 Å². The second kappa shape index (κ2) is 5.93. The summed E-state index contributed by atoms with van der Waals surface area (Å²) in [5, 5.41) is 4.11. The molecule has 1 aromatic rings. The fourth-order valence-electron chi connectivity index (χ4n) is 0.969. The summed E-state index contributed by atoms with van der Waals surface area (Å²) in [5.41, 5.74) is 0. The summed E-state index contributed by atoms with van der Waals surface area (Å²) in [7, 11) is 0. The predicted molar refractivity (Wildman–Crippen MR) is 58.9 cm³/mol. The summed E-state index contributed by atoms with van der Waals surface area (Å²) in [6.07, 6.45) is 0.796. The van der Waals surface area contributed by atoms with Gasteiger partial charge < -0.3 is 10.1 Å². The maximum absolute atomic E-state index is 5.23. The summed E-state index contributed by atoms with van der Waals surface area (Å²) in [4.78, 5) is 4.34. The zero-order chi connectivity index (χ0) is 10.4. The van der Waals surface area contributed by atoms with Crippen molar-refractivity contribution in [2.24, 2.45) is 0 Å². The van der Waals surface area contributed by atoms with Crippen LogP contribution in [0.1, 0.15) is 26.6 Å². The van der Waals surface area contributed by atoms with Crippen LogP contribution in [0.4, 0.5) is 5.13 Å². The standard InChI is InChI=1S/C9H17N3OS/c1-4-13-6-5-8-11-9(14-12-8)10-7(2)3/h7H,4-6H2,1-3H3,(H,10,11,12). The SMILES string of the molecule is CCOCCc1nsc(NC(C)C)n1. The van der Waals surface area contributed by atoms with E-state index in [0.29, 0.717) is 12.6 Å². The minimum absolute atomic E-state index is 0.405. The second-order valence-electron chi connectivity index (χ2n) is 3.26. The number of ether oxygens (including phenoxy) is 1. The van der Waals surface area contributed by atoms with E-state index in [1.807, 2.05) is 6.92 Å². The van der Waals surface area contributed by atoms with Crippen molar-refractivity contribution in [2.75, 3.05) is 18.5 Å². The number of anilines is 1. The first-order chi connectivity index (χ1) is 6.72. The van der Waals surface area contributed by atoms with Crippen molar-refractivity contribution in [3.63, 3.8) is 0 Å². The molecule has 0 saturated heterocycles. The highest BCUT2D eigenvalue weighted by molar-refractivity contribution is 7.09. The van der Waals surface area contributed by atoms with Gasteiger partial charge in [-0.2, -0.15) is 4.37 Å². The Morgan fingerprint density at radius 3 is 2.93 bits per heavy atom. The molecule has 0 saturated carbocycles. The van der Waals surface area contributed by atoms with Crippen LogP contribution in [0.5, 0.6) is 0 Å². The molecule has 1 rings (SSSR count). The molecule has 0 bridgehead atoms. The van der Waals surface area contributed by atoms with Crippen LogP contribution in [0, 0.1) is 0 Å². The van der Waals surface area contributed by atoms with Gasteiger partial charge >= 0.3 is 0 Å². The summed E-state index contributed by atoms with van der Waals surface area (Å²) in [6, 6.07) is 0.405. The van der Waals surface area contributed by atoms with E-state index in [-0.39, 0.29) is 0 Å². The van der Waals surface area contributed by atoms with Crippen molar-refractivity contribution in [1.29, 1.82) is 0 Å². The molecule has 1 heterocycles. The van der Waals surface area contributed by atoms with E-state index in [0.717, 1.165) is 24.0 Å². The third kappa shape index (κ3) is 4.02. The van der Waals surface area contributed by atoms with Gasteiger partial charge in [0.1, 0.15) is 5.82 Å². The fourth-order valence-corrected chi connectivity index (χ4v) is 1.73. The molecule has 0 atom stereocenters. The van der Waals surface area contributed by atoms with Crippen LogP contribution in [-0.4, -0.2) is 28.6 Å². The zero-order valence-corrected chi connectivity index (χ0v) is 9.73. The lowest BCUT2D eigenvalue weighted by Gasteiger charge is -2.03. The largest absolute Gasteiger partial charge is 0.381 e. The lowest BCUT2D eigenvalue weighted by molar-refractivity contribution is 0.150. The molecule has 1 N–H and O–H groups in total. The number of hydrogen-bond acceptors (Lipinski definition) is 5. The van der Waals surface area contributed by atoms with Crippen LogP contribution in [0.2, 0.25) is 0 Å². The van der Waals surface area contributed by atoms with E-state index in [2.05, 4.69) is 28.5 Å². The topological polar surface area (TPSA) is 47.0 Å². The molecular formula is C9H17N3OS. The van der Waals surface area contributed by atoms with Gasteiger partial charge in [-0.15, -0.1) is 0 Å². The Bertz CT molecular complexity index is 262. The molecule has 0 aliphatic heterocycles. The van der Waals surface area contributed by atoms with Crippen molar-refractivity contribution < 1.29 is 4.74 Å². The molecule has 0 fully saturated rings. The molecule has 14 heavy (non-hydrogen) atoms. The van der Waals surface area contributed by atoms with E-state index in [9.17, 15) is 0 Å². The van der Waals surface area contributed by atoms with E-state index < -0.39 is 0 Å². The second-order valence-corrected chi connectivity index (χ2v) is 4.01. The number of rotatable bonds is 6. The summed E-state index contributed by atoms with van der Waals surface area (Å²) < 4.78 is 9.46. The minimum atomic E-state index is 0.405. The average molecular weight is 215 g/mol. The third-order valence-electron chi connectivity index (χ3n) is 1.55. The summed E-state index contributed by atoms with van der Waals surface area (Å²) >= 11 is 1.41. The van der Waals surface area contributed by atoms with Gasteiger partial charge in [-0.25, -0.2) is 4.98 Å². The van der Waals surface area contributed by atoms with E-state index in [1.165, 1.54) is 11.5 Å². The lowest BCUT2D eigenvalue weighted by Crippen LogP contribution is -2.09. The van der Waals surface area contributed by atoms with Crippen LogP contribution < -0.4 is 5.32 Å². The Labute approximate surface area is 88.9 Å². The zero-order valence-electron chi connectivity index (χ0n) is 8.91. The normalized spacial score (nSPS) is 10.9. The Morgan fingerprint density at radius 1 is 1.50 bits per heavy atom. The number of aromatic nitrogens is 2. The van der Waals surface area contributed by atoms with E-state index >= 15 is 0 Å². The molecule has 4 nitrogen and oxygen atoms in total. The van der Waals surface area contributed by atoms with Crippen LogP contribution in [-0.2, 0) is 11.2 Å². The molecule has 0 aromatic carbocycles. The van der Waals surface area contributed by atoms with Crippen molar-refractivity contribution >= 4 is 16.7 Å². The maximum Gasteiger partial charge on any atom is 0.202 e. The lowest BCUT2D eigenvalue weighted by atomic mass is 10.4. The van der Waals surface area contributed by atoms with Gasteiger partial charge in [0.05, 0.1) is 6.61 Å². The van der Waals surface area contributed by atoms with Gasteiger partial charge in [-0.1, -0.05) is 0 Å². The van der Waals surface area contributed by atoms with Gasteiger partial charge in [0, 0.05) is 30.6 Å². The molecule has 0 aliphatic rings. The predicted octanol–water partition coefficient (Wildman–Crippen LogP) is 1.94. The molecule has 0 amide bonds. The fraction of sp³-hybridized carbons (Fsp3) is 0.778.